The van der Waals surface area contributed by atoms with Crippen LogP contribution in [-0.2, 0) is 0 Å². The topological polar surface area (TPSA) is 26.0 Å². The molecule has 14 heavy (non-hydrogen) atoms. The summed E-state index contributed by atoms with van der Waals surface area (Å²) in [6, 6.07) is 6.21. The standard InChI is InChI=1S/C12H17NS/c1-9-6-7-10(13)8-12(9)14-11-4-2-3-5-11/h6-8,11H,2-5,13H2,1H3. The molecule has 1 fully saturated rings. The second-order valence-corrected chi connectivity index (χ2v) is 5.39. The predicted octanol–water partition coefficient (Wildman–Crippen LogP) is 3.61. The molecule has 0 aromatic heterocycles. The lowest BCUT2D eigenvalue weighted by Gasteiger charge is -2.11. The van der Waals surface area contributed by atoms with E-state index in [0.717, 1.165) is 10.9 Å². The van der Waals surface area contributed by atoms with Gasteiger partial charge in [-0.05, 0) is 37.5 Å². The fourth-order valence-electron chi connectivity index (χ4n) is 1.93. The summed E-state index contributed by atoms with van der Waals surface area (Å²) >= 11 is 2.01. The first-order valence-corrected chi connectivity index (χ1v) is 6.16. The Bertz CT molecular complexity index is 316. The highest BCUT2D eigenvalue weighted by molar-refractivity contribution is 8.00. The third-order valence-electron chi connectivity index (χ3n) is 2.81. The van der Waals surface area contributed by atoms with E-state index < -0.39 is 0 Å². The maximum atomic E-state index is 5.79. The monoisotopic (exact) mass is 207 g/mol. The lowest BCUT2D eigenvalue weighted by Crippen LogP contribution is -1.95. The Morgan fingerprint density at radius 3 is 2.71 bits per heavy atom. The summed E-state index contributed by atoms with van der Waals surface area (Å²) in [5.74, 6) is 0. The Kier molecular flexibility index (Phi) is 3.02. The van der Waals surface area contributed by atoms with Crippen molar-refractivity contribution in [3.05, 3.63) is 23.8 Å². The number of aryl methyl sites for hydroxylation is 1. The van der Waals surface area contributed by atoms with E-state index in [1.165, 1.54) is 36.1 Å². The average Bonchev–Trinajstić information content (AvgIpc) is 2.64. The van der Waals surface area contributed by atoms with Crippen molar-refractivity contribution in [3.8, 4) is 0 Å². The van der Waals surface area contributed by atoms with E-state index in [9.17, 15) is 0 Å². The molecule has 2 N–H and O–H groups in total. The molecule has 0 aliphatic heterocycles. The molecule has 2 rings (SSSR count). The van der Waals surface area contributed by atoms with Crippen molar-refractivity contribution < 1.29 is 0 Å². The molecular formula is C12H17NS. The smallest absolute Gasteiger partial charge is 0.0325 e. The van der Waals surface area contributed by atoms with Gasteiger partial charge in [0.2, 0.25) is 0 Å². The molecular weight excluding hydrogens is 190 g/mol. The second kappa shape index (κ2) is 4.26. The number of benzene rings is 1. The predicted molar refractivity (Wildman–Crippen MR) is 63.7 cm³/mol. The first kappa shape index (κ1) is 9.91. The zero-order valence-corrected chi connectivity index (χ0v) is 9.44. The largest absolute Gasteiger partial charge is 0.399 e. The highest BCUT2D eigenvalue weighted by Gasteiger charge is 2.16. The summed E-state index contributed by atoms with van der Waals surface area (Å²) in [5.41, 5.74) is 8.03. The van der Waals surface area contributed by atoms with Gasteiger partial charge in [-0.3, -0.25) is 0 Å². The average molecular weight is 207 g/mol. The molecule has 1 aromatic rings. The van der Waals surface area contributed by atoms with Gasteiger partial charge in [-0.25, -0.2) is 0 Å². The molecule has 2 heteroatoms. The summed E-state index contributed by atoms with van der Waals surface area (Å²) in [6.45, 7) is 2.16. The minimum Gasteiger partial charge on any atom is -0.399 e. The molecule has 1 saturated carbocycles. The van der Waals surface area contributed by atoms with Crippen LogP contribution in [0.3, 0.4) is 0 Å². The fourth-order valence-corrected chi connectivity index (χ4v) is 3.32. The minimum atomic E-state index is 0.829. The van der Waals surface area contributed by atoms with Crippen molar-refractivity contribution >= 4 is 17.4 Å². The number of rotatable bonds is 2. The van der Waals surface area contributed by atoms with E-state index in [-0.39, 0.29) is 0 Å². The zero-order chi connectivity index (χ0) is 9.97. The van der Waals surface area contributed by atoms with Crippen LogP contribution in [0.4, 0.5) is 5.69 Å². The van der Waals surface area contributed by atoms with E-state index in [0.29, 0.717) is 0 Å². The second-order valence-electron chi connectivity index (χ2n) is 4.05. The maximum Gasteiger partial charge on any atom is 0.0325 e. The number of thioether (sulfide) groups is 1. The normalized spacial score (nSPS) is 17.5. The van der Waals surface area contributed by atoms with Gasteiger partial charge in [-0.2, -0.15) is 0 Å². The van der Waals surface area contributed by atoms with Gasteiger partial charge in [0, 0.05) is 15.8 Å². The Morgan fingerprint density at radius 2 is 2.00 bits per heavy atom. The molecule has 1 nitrogen and oxygen atoms in total. The molecule has 1 aromatic carbocycles. The molecule has 76 valence electrons. The number of anilines is 1. The van der Waals surface area contributed by atoms with Gasteiger partial charge in [0.25, 0.3) is 0 Å². The summed E-state index contributed by atoms with van der Waals surface area (Å²) in [4.78, 5) is 1.37. The summed E-state index contributed by atoms with van der Waals surface area (Å²) < 4.78 is 0. The van der Waals surface area contributed by atoms with Crippen molar-refractivity contribution in [2.24, 2.45) is 0 Å². The van der Waals surface area contributed by atoms with Crippen molar-refractivity contribution in [2.75, 3.05) is 5.73 Å². The molecule has 1 aliphatic rings. The van der Waals surface area contributed by atoms with Gasteiger partial charge in [-0.1, -0.05) is 18.9 Å². The van der Waals surface area contributed by atoms with E-state index in [4.69, 9.17) is 5.73 Å². The Labute approximate surface area is 90.1 Å². The first-order chi connectivity index (χ1) is 6.75. The van der Waals surface area contributed by atoms with Crippen molar-refractivity contribution in [1.82, 2.24) is 0 Å². The van der Waals surface area contributed by atoms with Crippen molar-refractivity contribution in [2.45, 2.75) is 42.8 Å². The Hall–Kier alpha value is -0.630. The molecule has 0 heterocycles. The van der Waals surface area contributed by atoms with Crippen LogP contribution < -0.4 is 5.73 Å². The molecule has 1 aliphatic carbocycles. The summed E-state index contributed by atoms with van der Waals surface area (Å²) in [7, 11) is 0. The van der Waals surface area contributed by atoms with Crippen LogP contribution in [0.2, 0.25) is 0 Å². The lowest BCUT2D eigenvalue weighted by molar-refractivity contribution is 0.886. The fraction of sp³-hybridized carbons (Fsp3) is 0.500. The van der Waals surface area contributed by atoms with Gasteiger partial charge >= 0.3 is 0 Å². The molecule has 0 bridgehead atoms. The van der Waals surface area contributed by atoms with Gasteiger partial charge < -0.3 is 5.73 Å². The molecule has 0 atom stereocenters. The van der Waals surface area contributed by atoms with Crippen LogP contribution in [0.15, 0.2) is 23.1 Å². The van der Waals surface area contributed by atoms with Crippen LogP contribution in [0, 0.1) is 6.92 Å². The number of hydrogen-bond donors (Lipinski definition) is 1. The first-order valence-electron chi connectivity index (χ1n) is 5.28. The van der Waals surface area contributed by atoms with Crippen molar-refractivity contribution in [1.29, 1.82) is 0 Å². The number of hydrogen-bond acceptors (Lipinski definition) is 2. The van der Waals surface area contributed by atoms with Crippen LogP contribution in [0.1, 0.15) is 31.2 Å². The van der Waals surface area contributed by atoms with Crippen LogP contribution in [0.25, 0.3) is 0 Å². The number of nitrogens with two attached hydrogens (primary N) is 1. The molecule has 0 amide bonds. The molecule has 0 spiro atoms. The summed E-state index contributed by atoms with van der Waals surface area (Å²) in [5, 5.41) is 0.829. The molecule has 0 saturated heterocycles. The van der Waals surface area contributed by atoms with E-state index >= 15 is 0 Å². The molecule has 0 radical (unpaired) electrons. The number of nitrogen functional groups attached to an aromatic ring is 1. The van der Waals surface area contributed by atoms with E-state index in [1.54, 1.807) is 0 Å². The van der Waals surface area contributed by atoms with E-state index in [1.807, 2.05) is 17.8 Å². The van der Waals surface area contributed by atoms with Gasteiger partial charge in [-0.15, -0.1) is 11.8 Å². The van der Waals surface area contributed by atoms with Gasteiger partial charge in [0.1, 0.15) is 0 Å². The third kappa shape index (κ3) is 2.24. The van der Waals surface area contributed by atoms with Crippen LogP contribution in [0.5, 0.6) is 0 Å². The highest BCUT2D eigenvalue weighted by Crippen LogP contribution is 2.36. The summed E-state index contributed by atoms with van der Waals surface area (Å²) in [6.07, 6.45) is 5.55. The highest BCUT2D eigenvalue weighted by atomic mass is 32.2. The minimum absolute atomic E-state index is 0.829. The quantitative estimate of drug-likeness (QED) is 0.750. The SMILES string of the molecule is Cc1ccc(N)cc1SC1CCCC1. The Balaban J connectivity index is 2.10. The van der Waals surface area contributed by atoms with Crippen LogP contribution in [-0.4, -0.2) is 5.25 Å². The lowest BCUT2D eigenvalue weighted by atomic mass is 10.2. The van der Waals surface area contributed by atoms with Crippen molar-refractivity contribution in [3.63, 3.8) is 0 Å². The third-order valence-corrected chi connectivity index (χ3v) is 4.31. The van der Waals surface area contributed by atoms with Gasteiger partial charge in [0.15, 0.2) is 0 Å². The van der Waals surface area contributed by atoms with E-state index in [2.05, 4.69) is 19.1 Å². The maximum absolute atomic E-state index is 5.79. The zero-order valence-electron chi connectivity index (χ0n) is 8.62. The molecule has 0 unspecified atom stereocenters. The van der Waals surface area contributed by atoms with Crippen LogP contribution >= 0.6 is 11.8 Å². The Morgan fingerprint density at radius 1 is 1.29 bits per heavy atom. The van der Waals surface area contributed by atoms with Gasteiger partial charge in [0.05, 0.1) is 0 Å².